The highest BCUT2D eigenvalue weighted by molar-refractivity contribution is 5.96. The zero-order valence-corrected chi connectivity index (χ0v) is 13.0. The summed E-state index contributed by atoms with van der Waals surface area (Å²) in [5.41, 5.74) is 0.120. The molecule has 1 amide bonds. The topological polar surface area (TPSA) is 53.8 Å². The second-order valence-electron chi connectivity index (χ2n) is 6.42. The molecule has 1 atom stereocenters. The number of rotatable bonds is 2. The lowest BCUT2D eigenvalue weighted by Crippen LogP contribution is -2.38. The number of carbonyl (C=O) groups is 1. The van der Waals surface area contributed by atoms with E-state index in [9.17, 15) is 9.59 Å². The van der Waals surface area contributed by atoms with E-state index in [4.69, 9.17) is 4.42 Å². The minimum absolute atomic E-state index is 0.144. The number of amides is 1. The number of para-hydroxylation sites is 1. The third-order valence-corrected chi connectivity index (χ3v) is 4.98. The molecule has 2 aliphatic heterocycles. The molecule has 0 N–H and O–H groups in total. The first-order chi connectivity index (χ1) is 11.2. The molecule has 1 aromatic carbocycles. The highest BCUT2D eigenvalue weighted by atomic mass is 16.4. The first kappa shape index (κ1) is 14.5. The highest BCUT2D eigenvalue weighted by Gasteiger charge is 2.33. The molecule has 0 saturated carbocycles. The van der Waals surface area contributed by atoms with Crippen molar-refractivity contribution in [2.45, 2.75) is 25.3 Å². The lowest BCUT2D eigenvalue weighted by molar-refractivity contribution is 0.0776. The average molecular weight is 312 g/mol. The van der Waals surface area contributed by atoms with E-state index in [-0.39, 0.29) is 11.5 Å². The fourth-order valence-corrected chi connectivity index (χ4v) is 3.71. The minimum atomic E-state index is -0.543. The summed E-state index contributed by atoms with van der Waals surface area (Å²) < 4.78 is 5.29. The van der Waals surface area contributed by atoms with Gasteiger partial charge in [0.25, 0.3) is 5.91 Å². The summed E-state index contributed by atoms with van der Waals surface area (Å²) >= 11 is 0. The number of benzene rings is 1. The van der Waals surface area contributed by atoms with Gasteiger partial charge in [-0.1, -0.05) is 18.2 Å². The SMILES string of the molecule is O=C(c1cc2ccccc2oc1=O)N1CCC(N2CCCC2)C1. The molecule has 2 saturated heterocycles. The van der Waals surface area contributed by atoms with E-state index in [1.807, 2.05) is 18.2 Å². The predicted molar refractivity (Wildman–Crippen MR) is 87.6 cm³/mol. The van der Waals surface area contributed by atoms with Crippen LogP contribution in [0.5, 0.6) is 0 Å². The smallest absolute Gasteiger partial charge is 0.349 e. The summed E-state index contributed by atoms with van der Waals surface area (Å²) in [5.74, 6) is -0.203. The van der Waals surface area contributed by atoms with Gasteiger partial charge in [-0.2, -0.15) is 0 Å². The van der Waals surface area contributed by atoms with Crippen LogP contribution in [0.2, 0.25) is 0 Å². The Hall–Kier alpha value is -2.14. The van der Waals surface area contributed by atoms with Gasteiger partial charge in [-0.3, -0.25) is 9.69 Å². The van der Waals surface area contributed by atoms with Crippen LogP contribution in [-0.2, 0) is 0 Å². The van der Waals surface area contributed by atoms with Crippen molar-refractivity contribution < 1.29 is 9.21 Å². The first-order valence-corrected chi connectivity index (χ1v) is 8.28. The largest absolute Gasteiger partial charge is 0.422 e. The van der Waals surface area contributed by atoms with Gasteiger partial charge in [0.15, 0.2) is 0 Å². The summed E-state index contributed by atoms with van der Waals surface area (Å²) in [6.45, 7) is 3.69. The lowest BCUT2D eigenvalue weighted by Gasteiger charge is -2.23. The van der Waals surface area contributed by atoms with Gasteiger partial charge in [-0.15, -0.1) is 0 Å². The van der Waals surface area contributed by atoms with Crippen LogP contribution in [0, 0.1) is 0 Å². The minimum Gasteiger partial charge on any atom is -0.422 e. The maximum atomic E-state index is 12.7. The van der Waals surface area contributed by atoms with E-state index < -0.39 is 5.63 Å². The van der Waals surface area contributed by atoms with Gasteiger partial charge in [0.2, 0.25) is 0 Å². The molecule has 120 valence electrons. The zero-order chi connectivity index (χ0) is 15.8. The maximum absolute atomic E-state index is 12.7. The quantitative estimate of drug-likeness (QED) is 0.797. The van der Waals surface area contributed by atoms with Crippen molar-refractivity contribution in [3.05, 3.63) is 46.3 Å². The van der Waals surface area contributed by atoms with E-state index in [2.05, 4.69) is 4.90 Å². The van der Waals surface area contributed by atoms with Crippen LogP contribution in [0.15, 0.2) is 39.5 Å². The summed E-state index contributed by atoms with van der Waals surface area (Å²) in [6, 6.07) is 9.38. The van der Waals surface area contributed by atoms with Gasteiger partial charge >= 0.3 is 5.63 Å². The van der Waals surface area contributed by atoms with Gasteiger partial charge in [0.1, 0.15) is 11.1 Å². The van der Waals surface area contributed by atoms with Crippen LogP contribution in [0.1, 0.15) is 29.6 Å². The Balaban J connectivity index is 1.57. The third-order valence-electron chi connectivity index (χ3n) is 4.98. The van der Waals surface area contributed by atoms with E-state index in [0.717, 1.165) is 24.9 Å². The van der Waals surface area contributed by atoms with E-state index in [0.29, 0.717) is 24.7 Å². The van der Waals surface area contributed by atoms with Gasteiger partial charge < -0.3 is 9.32 Å². The van der Waals surface area contributed by atoms with Crippen LogP contribution in [0.25, 0.3) is 11.0 Å². The van der Waals surface area contributed by atoms with E-state index >= 15 is 0 Å². The van der Waals surface area contributed by atoms with Gasteiger partial charge in [-0.25, -0.2) is 4.79 Å². The van der Waals surface area contributed by atoms with Crippen molar-refractivity contribution in [1.29, 1.82) is 0 Å². The Morgan fingerprint density at radius 1 is 1.13 bits per heavy atom. The zero-order valence-electron chi connectivity index (χ0n) is 13.0. The maximum Gasteiger partial charge on any atom is 0.349 e. The second kappa shape index (κ2) is 5.81. The predicted octanol–water partition coefficient (Wildman–Crippen LogP) is 2.10. The van der Waals surface area contributed by atoms with Crippen molar-refractivity contribution in [3.63, 3.8) is 0 Å². The number of nitrogens with zero attached hydrogens (tertiary/aromatic N) is 2. The molecule has 1 unspecified atom stereocenters. The van der Waals surface area contributed by atoms with Gasteiger partial charge in [0, 0.05) is 24.5 Å². The monoisotopic (exact) mass is 312 g/mol. The van der Waals surface area contributed by atoms with Crippen LogP contribution < -0.4 is 5.63 Å². The van der Waals surface area contributed by atoms with Crippen molar-refractivity contribution in [1.82, 2.24) is 9.80 Å². The lowest BCUT2D eigenvalue weighted by atomic mass is 10.1. The van der Waals surface area contributed by atoms with Gasteiger partial charge in [-0.05, 0) is 44.5 Å². The Kier molecular flexibility index (Phi) is 3.65. The normalized spacial score (nSPS) is 22.1. The van der Waals surface area contributed by atoms with Crippen LogP contribution >= 0.6 is 0 Å². The number of fused-ring (bicyclic) bond motifs is 1. The Morgan fingerprint density at radius 2 is 1.91 bits per heavy atom. The van der Waals surface area contributed by atoms with Crippen molar-refractivity contribution in [2.24, 2.45) is 0 Å². The molecular formula is C18H20N2O3. The standard InChI is InChI=1S/C18H20N2O3/c21-17(20-10-7-14(12-20)19-8-3-4-9-19)15-11-13-5-1-2-6-16(13)23-18(15)22/h1-2,5-6,11,14H,3-4,7-10,12H2. The van der Waals surface area contributed by atoms with Crippen LogP contribution in [0.4, 0.5) is 0 Å². The van der Waals surface area contributed by atoms with Crippen molar-refractivity contribution in [2.75, 3.05) is 26.2 Å². The molecule has 1 aromatic heterocycles. The number of carbonyl (C=O) groups excluding carboxylic acids is 1. The van der Waals surface area contributed by atoms with Crippen molar-refractivity contribution >= 4 is 16.9 Å². The van der Waals surface area contributed by atoms with Gasteiger partial charge in [0.05, 0.1) is 0 Å². The summed E-state index contributed by atoms with van der Waals surface area (Å²) in [7, 11) is 0. The first-order valence-electron chi connectivity index (χ1n) is 8.28. The molecule has 3 heterocycles. The molecular weight excluding hydrogens is 292 g/mol. The van der Waals surface area contributed by atoms with Crippen LogP contribution in [0.3, 0.4) is 0 Å². The van der Waals surface area contributed by atoms with Crippen molar-refractivity contribution in [3.8, 4) is 0 Å². The molecule has 2 aliphatic rings. The molecule has 0 spiro atoms. The Bertz CT molecular complexity index is 792. The molecule has 0 aliphatic carbocycles. The third kappa shape index (κ3) is 2.65. The van der Waals surface area contributed by atoms with E-state index in [1.54, 1.807) is 17.0 Å². The molecule has 5 nitrogen and oxygen atoms in total. The number of hydrogen-bond acceptors (Lipinski definition) is 4. The second-order valence-corrected chi connectivity index (χ2v) is 6.42. The Morgan fingerprint density at radius 3 is 2.74 bits per heavy atom. The molecule has 23 heavy (non-hydrogen) atoms. The van der Waals surface area contributed by atoms with Crippen LogP contribution in [-0.4, -0.2) is 47.9 Å². The summed E-state index contributed by atoms with van der Waals surface area (Å²) in [6.07, 6.45) is 3.49. The number of likely N-dealkylation sites (tertiary alicyclic amines) is 2. The van der Waals surface area contributed by atoms with E-state index in [1.165, 1.54) is 12.8 Å². The molecule has 2 fully saturated rings. The fraction of sp³-hybridized carbons (Fsp3) is 0.444. The average Bonchev–Trinajstić information content (AvgIpc) is 3.24. The molecule has 0 radical (unpaired) electrons. The Labute approximate surface area is 134 Å². The molecule has 4 rings (SSSR count). The number of hydrogen-bond donors (Lipinski definition) is 0. The summed E-state index contributed by atoms with van der Waals surface area (Å²) in [4.78, 5) is 29.1. The summed E-state index contributed by atoms with van der Waals surface area (Å²) in [5, 5.41) is 0.783. The fourth-order valence-electron chi connectivity index (χ4n) is 3.71. The molecule has 5 heteroatoms. The highest BCUT2D eigenvalue weighted by Crippen LogP contribution is 2.22. The molecule has 0 bridgehead atoms. The molecule has 2 aromatic rings.